The summed E-state index contributed by atoms with van der Waals surface area (Å²) < 4.78 is 1.76. The Morgan fingerprint density at radius 2 is 2.11 bits per heavy atom. The molecular weight excluding hydrogens is 228 g/mol. The smallest absolute Gasteiger partial charge is 0.258 e. The first-order chi connectivity index (χ1) is 8.58. The van der Waals surface area contributed by atoms with E-state index in [0.717, 1.165) is 5.69 Å². The summed E-state index contributed by atoms with van der Waals surface area (Å²) in [4.78, 5) is 16.1. The van der Waals surface area contributed by atoms with Crippen LogP contribution in [0.15, 0.2) is 30.6 Å². The van der Waals surface area contributed by atoms with E-state index in [1.165, 1.54) is 0 Å². The number of aryl methyl sites for hydroxylation is 1. The molecule has 0 saturated carbocycles. The molecule has 0 unspecified atom stereocenters. The van der Waals surface area contributed by atoms with Crippen LogP contribution in [0.4, 0.5) is 5.82 Å². The van der Waals surface area contributed by atoms with Crippen molar-refractivity contribution in [3.63, 3.8) is 0 Å². The van der Waals surface area contributed by atoms with E-state index in [1.54, 1.807) is 29.2 Å². The highest BCUT2D eigenvalue weighted by Gasteiger charge is 2.11. The molecule has 0 aliphatic heterocycles. The lowest BCUT2D eigenvalue weighted by Crippen LogP contribution is -2.16. The van der Waals surface area contributed by atoms with Gasteiger partial charge in [-0.25, -0.2) is 4.68 Å². The first-order valence-corrected chi connectivity index (χ1v) is 5.85. The average molecular weight is 244 g/mol. The summed E-state index contributed by atoms with van der Waals surface area (Å²) >= 11 is 0. The van der Waals surface area contributed by atoms with Crippen molar-refractivity contribution in [3.05, 3.63) is 41.9 Å². The van der Waals surface area contributed by atoms with Crippen LogP contribution in [0, 0.1) is 6.92 Å². The van der Waals surface area contributed by atoms with Crippen LogP contribution in [-0.2, 0) is 0 Å². The number of amides is 1. The number of carbonyl (C=O) groups excluding carboxylic acids is 1. The highest BCUT2D eigenvalue weighted by Crippen LogP contribution is 2.14. The SMILES string of the molecule is Cc1ccc(C(=O)Nc2ccnn2C(C)C)cn1. The van der Waals surface area contributed by atoms with Crippen LogP contribution in [0.5, 0.6) is 0 Å². The number of hydrogen-bond acceptors (Lipinski definition) is 3. The van der Waals surface area contributed by atoms with Gasteiger partial charge < -0.3 is 5.32 Å². The molecule has 5 heteroatoms. The third-order valence-corrected chi connectivity index (χ3v) is 2.57. The Balaban J connectivity index is 2.16. The van der Waals surface area contributed by atoms with Crippen molar-refractivity contribution in [2.45, 2.75) is 26.8 Å². The number of hydrogen-bond donors (Lipinski definition) is 1. The maximum Gasteiger partial charge on any atom is 0.258 e. The van der Waals surface area contributed by atoms with E-state index in [2.05, 4.69) is 15.4 Å². The van der Waals surface area contributed by atoms with E-state index < -0.39 is 0 Å². The van der Waals surface area contributed by atoms with Crippen LogP contribution in [0.2, 0.25) is 0 Å². The molecule has 1 amide bonds. The van der Waals surface area contributed by atoms with Crippen molar-refractivity contribution in [2.24, 2.45) is 0 Å². The third kappa shape index (κ3) is 2.56. The predicted molar refractivity (Wildman–Crippen MR) is 69.5 cm³/mol. The molecule has 0 atom stereocenters. The number of nitrogens with one attached hydrogen (secondary N) is 1. The minimum atomic E-state index is -0.176. The summed E-state index contributed by atoms with van der Waals surface area (Å²) in [5, 5.41) is 6.99. The molecule has 0 aromatic carbocycles. The number of carbonyl (C=O) groups is 1. The summed E-state index contributed by atoms with van der Waals surface area (Å²) in [6, 6.07) is 5.55. The van der Waals surface area contributed by atoms with Gasteiger partial charge in [0.05, 0.1) is 11.8 Å². The molecule has 2 aromatic heterocycles. The van der Waals surface area contributed by atoms with Gasteiger partial charge in [0.25, 0.3) is 5.91 Å². The summed E-state index contributed by atoms with van der Waals surface area (Å²) in [6.45, 7) is 5.90. The van der Waals surface area contributed by atoms with Gasteiger partial charge in [-0.15, -0.1) is 0 Å². The van der Waals surface area contributed by atoms with Crippen molar-refractivity contribution >= 4 is 11.7 Å². The number of aromatic nitrogens is 3. The van der Waals surface area contributed by atoms with E-state index >= 15 is 0 Å². The maximum absolute atomic E-state index is 12.0. The molecule has 0 saturated heterocycles. The highest BCUT2D eigenvalue weighted by molar-refractivity contribution is 6.03. The molecule has 2 aromatic rings. The molecule has 0 aliphatic carbocycles. The van der Waals surface area contributed by atoms with Crippen LogP contribution in [0.1, 0.15) is 35.9 Å². The number of nitrogens with zero attached hydrogens (tertiary/aromatic N) is 3. The normalized spacial score (nSPS) is 10.7. The van der Waals surface area contributed by atoms with Crippen LogP contribution in [0.3, 0.4) is 0 Å². The molecule has 0 aliphatic rings. The molecule has 0 spiro atoms. The van der Waals surface area contributed by atoms with E-state index in [9.17, 15) is 4.79 Å². The number of pyridine rings is 1. The Kier molecular flexibility index (Phi) is 3.41. The van der Waals surface area contributed by atoms with Crippen molar-refractivity contribution in [1.82, 2.24) is 14.8 Å². The second kappa shape index (κ2) is 5.00. The largest absolute Gasteiger partial charge is 0.307 e. The highest BCUT2D eigenvalue weighted by atomic mass is 16.1. The average Bonchev–Trinajstić information content (AvgIpc) is 2.78. The molecule has 0 bridgehead atoms. The zero-order valence-electron chi connectivity index (χ0n) is 10.7. The maximum atomic E-state index is 12.0. The first kappa shape index (κ1) is 12.3. The number of anilines is 1. The van der Waals surface area contributed by atoms with Crippen LogP contribution < -0.4 is 5.32 Å². The lowest BCUT2D eigenvalue weighted by Gasteiger charge is -2.11. The topological polar surface area (TPSA) is 59.8 Å². The van der Waals surface area contributed by atoms with Crippen molar-refractivity contribution < 1.29 is 4.79 Å². The van der Waals surface area contributed by atoms with Gasteiger partial charge in [0.15, 0.2) is 0 Å². The first-order valence-electron chi connectivity index (χ1n) is 5.85. The molecule has 94 valence electrons. The van der Waals surface area contributed by atoms with Crippen LogP contribution in [0.25, 0.3) is 0 Å². The quantitative estimate of drug-likeness (QED) is 0.902. The van der Waals surface area contributed by atoms with Gasteiger partial charge in [-0.3, -0.25) is 9.78 Å². The van der Waals surface area contributed by atoms with E-state index in [1.807, 2.05) is 26.8 Å². The second-order valence-corrected chi connectivity index (χ2v) is 4.40. The molecule has 2 heterocycles. The van der Waals surface area contributed by atoms with Gasteiger partial charge in [-0.2, -0.15) is 5.10 Å². The van der Waals surface area contributed by atoms with Crippen molar-refractivity contribution in [3.8, 4) is 0 Å². The van der Waals surface area contributed by atoms with Gasteiger partial charge >= 0.3 is 0 Å². The fourth-order valence-corrected chi connectivity index (χ4v) is 1.62. The molecule has 18 heavy (non-hydrogen) atoms. The van der Waals surface area contributed by atoms with Crippen molar-refractivity contribution in [2.75, 3.05) is 5.32 Å². The summed E-state index contributed by atoms with van der Waals surface area (Å²) in [5.74, 6) is 0.514. The molecular formula is C13H16N4O. The lowest BCUT2D eigenvalue weighted by molar-refractivity contribution is 0.102. The standard InChI is InChI=1S/C13H16N4O/c1-9(2)17-12(6-7-15-17)16-13(18)11-5-4-10(3)14-8-11/h4-9H,1-3H3,(H,16,18). The second-order valence-electron chi connectivity index (χ2n) is 4.40. The Hall–Kier alpha value is -2.17. The van der Waals surface area contributed by atoms with Crippen LogP contribution >= 0.6 is 0 Å². The Labute approximate surface area is 106 Å². The Morgan fingerprint density at radius 1 is 1.33 bits per heavy atom. The fourth-order valence-electron chi connectivity index (χ4n) is 1.62. The predicted octanol–water partition coefficient (Wildman–Crippen LogP) is 2.42. The zero-order valence-corrected chi connectivity index (χ0v) is 10.7. The van der Waals surface area contributed by atoms with Gasteiger partial charge in [0.2, 0.25) is 0 Å². The molecule has 1 N–H and O–H groups in total. The Bertz CT molecular complexity index is 542. The molecule has 0 fully saturated rings. The van der Waals surface area contributed by atoms with Gasteiger partial charge in [-0.05, 0) is 32.9 Å². The molecule has 5 nitrogen and oxygen atoms in total. The van der Waals surface area contributed by atoms with Gasteiger partial charge in [-0.1, -0.05) is 0 Å². The summed E-state index contributed by atoms with van der Waals surface area (Å²) in [6.07, 6.45) is 3.24. The van der Waals surface area contributed by atoms with Gasteiger partial charge in [0, 0.05) is 24.0 Å². The molecule has 0 radical (unpaired) electrons. The monoisotopic (exact) mass is 244 g/mol. The summed E-state index contributed by atoms with van der Waals surface area (Å²) in [7, 11) is 0. The fraction of sp³-hybridized carbons (Fsp3) is 0.308. The minimum Gasteiger partial charge on any atom is -0.307 e. The Morgan fingerprint density at radius 3 is 2.72 bits per heavy atom. The van der Waals surface area contributed by atoms with E-state index in [4.69, 9.17) is 0 Å². The third-order valence-electron chi connectivity index (χ3n) is 2.57. The van der Waals surface area contributed by atoms with Crippen LogP contribution in [-0.4, -0.2) is 20.7 Å². The van der Waals surface area contributed by atoms with E-state index in [-0.39, 0.29) is 11.9 Å². The zero-order chi connectivity index (χ0) is 13.1. The minimum absolute atomic E-state index is 0.176. The van der Waals surface area contributed by atoms with Crippen molar-refractivity contribution in [1.29, 1.82) is 0 Å². The lowest BCUT2D eigenvalue weighted by atomic mass is 10.2. The van der Waals surface area contributed by atoms with Gasteiger partial charge in [0.1, 0.15) is 5.82 Å². The van der Waals surface area contributed by atoms with E-state index in [0.29, 0.717) is 11.4 Å². The molecule has 2 rings (SSSR count). The number of rotatable bonds is 3. The summed E-state index contributed by atoms with van der Waals surface area (Å²) in [5.41, 5.74) is 1.43.